The lowest BCUT2D eigenvalue weighted by atomic mass is 10.0. The number of nitrogen functional groups attached to an aromatic ring is 1. The van der Waals surface area contributed by atoms with Crippen LogP contribution < -0.4 is 10.5 Å². The molecule has 4 heteroatoms. The number of carbonyl (C=O) groups is 1. The molecule has 3 rings (SSSR count). The SMILES string of the molecule is COc1cc2ccccc2c(N)c1C(=O)OCc1ccccc1. The zero-order valence-corrected chi connectivity index (χ0v) is 12.8. The van der Waals surface area contributed by atoms with Crippen molar-refractivity contribution >= 4 is 22.4 Å². The third-order valence-corrected chi connectivity index (χ3v) is 3.69. The minimum atomic E-state index is -0.492. The number of hydrogen-bond acceptors (Lipinski definition) is 4. The zero-order chi connectivity index (χ0) is 16.2. The Morgan fingerprint density at radius 2 is 1.74 bits per heavy atom. The number of anilines is 1. The van der Waals surface area contributed by atoms with Crippen LogP contribution in [0.4, 0.5) is 5.69 Å². The number of esters is 1. The Morgan fingerprint density at radius 1 is 1.04 bits per heavy atom. The lowest BCUT2D eigenvalue weighted by Crippen LogP contribution is -2.10. The lowest BCUT2D eigenvalue weighted by Gasteiger charge is -2.13. The second-order valence-electron chi connectivity index (χ2n) is 5.15. The first-order valence-electron chi connectivity index (χ1n) is 7.27. The number of nitrogens with two attached hydrogens (primary N) is 1. The molecule has 0 saturated heterocycles. The number of hydrogen-bond donors (Lipinski definition) is 1. The molecule has 0 radical (unpaired) electrons. The highest BCUT2D eigenvalue weighted by atomic mass is 16.5. The summed E-state index contributed by atoms with van der Waals surface area (Å²) in [5.41, 5.74) is 7.74. The normalized spacial score (nSPS) is 10.5. The molecule has 3 aromatic rings. The molecule has 0 aliphatic carbocycles. The summed E-state index contributed by atoms with van der Waals surface area (Å²) < 4.78 is 10.7. The molecule has 3 aromatic carbocycles. The van der Waals surface area contributed by atoms with Crippen molar-refractivity contribution in [2.45, 2.75) is 6.61 Å². The van der Waals surface area contributed by atoms with Crippen LogP contribution in [0.25, 0.3) is 10.8 Å². The van der Waals surface area contributed by atoms with E-state index in [1.807, 2.05) is 54.6 Å². The highest BCUT2D eigenvalue weighted by Gasteiger charge is 2.20. The number of rotatable bonds is 4. The van der Waals surface area contributed by atoms with Crippen molar-refractivity contribution in [2.24, 2.45) is 0 Å². The van der Waals surface area contributed by atoms with Gasteiger partial charge in [0.1, 0.15) is 17.9 Å². The van der Waals surface area contributed by atoms with Crippen molar-refractivity contribution < 1.29 is 14.3 Å². The summed E-state index contributed by atoms with van der Waals surface area (Å²) in [5.74, 6) is -0.0757. The molecule has 0 amide bonds. The predicted octanol–water partition coefficient (Wildman–Crippen LogP) is 3.79. The molecule has 0 aliphatic rings. The van der Waals surface area contributed by atoms with Crippen molar-refractivity contribution in [3.8, 4) is 5.75 Å². The Kier molecular flexibility index (Phi) is 4.15. The van der Waals surface area contributed by atoms with Gasteiger partial charge >= 0.3 is 5.97 Å². The molecular weight excluding hydrogens is 290 g/mol. The van der Waals surface area contributed by atoms with E-state index >= 15 is 0 Å². The highest BCUT2D eigenvalue weighted by molar-refractivity contribution is 6.08. The van der Waals surface area contributed by atoms with Crippen LogP contribution >= 0.6 is 0 Å². The average molecular weight is 307 g/mol. The zero-order valence-electron chi connectivity index (χ0n) is 12.8. The fraction of sp³-hybridized carbons (Fsp3) is 0.105. The van der Waals surface area contributed by atoms with Crippen LogP contribution in [-0.4, -0.2) is 13.1 Å². The minimum absolute atomic E-state index is 0.190. The van der Waals surface area contributed by atoms with Crippen LogP contribution in [0.15, 0.2) is 60.7 Å². The largest absolute Gasteiger partial charge is 0.496 e. The number of fused-ring (bicyclic) bond motifs is 1. The van der Waals surface area contributed by atoms with Gasteiger partial charge in [0.15, 0.2) is 0 Å². The molecule has 0 bridgehead atoms. The molecule has 116 valence electrons. The van der Waals surface area contributed by atoms with Crippen LogP contribution in [0.5, 0.6) is 5.75 Å². The summed E-state index contributed by atoms with van der Waals surface area (Å²) in [6, 6.07) is 18.9. The second-order valence-corrected chi connectivity index (χ2v) is 5.15. The van der Waals surface area contributed by atoms with E-state index in [0.717, 1.165) is 16.3 Å². The van der Waals surface area contributed by atoms with E-state index in [-0.39, 0.29) is 12.2 Å². The Balaban J connectivity index is 1.94. The van der Waals surface area contributed by atoms with Crippen molar-refractivity contribution in [3.05, 3.63) is 71.8 Å². The van der Waals surface area contributed by atoms with Crippen LogP contribution in [0.2, 0.25) is 0 Å². The average Bonchev–Trinajstić information content (AvgIpc) is 2.60. The van der Waals surface area contributed by atoms with Gasteiger partial charge in [-0.2, -0.15) is 0 Å². The van der Waals surface area contributed by atoms with E-state index in [0.29, 0.717) is 11.4 Å². The van der Waals surface area contributed by atoms with Gasteiger partial charge in [-0.3, -0.25) is 0 Å². The van der Waals surface area contributed by atoms with Gasteiger partial charge in [-0.15, -0.1) is 0 Å². The summed E-state index contributed by atoms with van der Waals surface area (Å²) in [4.78, 5) is 12.5. The van der Waals surface area contributed by atoms with E-state index in [1.165, 1.54) is 7.11 Å². The lowest BCUT2D eigenvalue weighted by molar-refractivity contribution is 0.0470. The minimum Gasteiger partial charge on any atom is -0.496 e. The van der Waals surface area contributed by atoms with Gasteiger partial charge in [-0.05, 0) is 17.0 Å². The highest BCUT2D eigenvalue weighted by Crippen LogP contribution is 2.33. The van der Waals surface area contributed by atoms with E-state index in [2.05, 4.69) is 0 Å². The number of carbonyl (C=O) groups excluding carboxylic acids is 1. The number of methoxy groups -OCH3 is 1. The summed E-state index contributed by atoms with van der Waals surface area (Å²) in [6.07, 6.45) is 0. The number of ether oxygens (including phenoxy) is 2. The molecule has 4 nitrogen and oxygen atoms in total. The Morgan fingerprint density at radius 3 is 2.48 bits per heavy atom. The molecule has 0 aromatic heterocycles. The summed E-state index contributed by atoms with van der Waals surface area (Å²) in [6.45, 7) is 0.190. The smallest absolute Gasteiger partial charge is 0.344 e. The van der Waals surface area contributed by atoms with Gasteiger partial charge < -0.3 is 15.2 Å². The van der Waals surface area contributed by atoms with Crippen molar-refractivity contribution in [2.75, 3.05) is 12.8 Å². The van der Waals surface area contributed by atoms with Crippen LogP contribution in [-0.2, 0) is 11.3 Å². The molecule has 0 saturated carbocycles. The van der Waals surface area contributed by atoms with Crippen LogP contribution in [0, 0.1) is 0 Å². The third-order valence-electron chi connectivity index (χ3n) is 3.69. The van der Waals surface area contributed by atoms with Gasteiger partial charge in [0, 0.05) is 5.39 Å². The molecule has 0 unspecified atom stereocenters. The summed E-state index contributed by atoms with van der Waals surface area (Å²) in [7, 11) is 1.51. The Labute approximate surface area is 134 Å². The van der Waals surface area contributed by atoms with Gasteiger partial charge in [0.25, 0.3) is 0 Å². The van der Waals surface area contributed by atoms with Crippen molar-refractivity contribution in [1.82, 2.24) is 0 Å². The topological polar surface area (TPSA) is 61.5 Å². The Bertz CT molecular complexity index is 844. The molecule has 0 spiro atoms. The molecule has 0 heterocycles. The third kappa shape index (κ3) is 2.97. The monoisotopic (exact) mass is 307 g/mol. The molecule has 0 fully saturated rings. The molecule has 23 heavy (non-hydrogen) atoms. The van der Waals surface area contributed by atoms with Crippen LogP contribution in [0.1, 0.15) is 15.9 Å². The van der Waals surface area contributed by atoms with Crippen LogP contribution in [0.3, 0.4) is 0 Å². The Hall–Kier alpha value is -3.01. The first-order valence-corrected chi connectivity index (χ1v) is 7.27. The van der Waals surface area contributed by atoms with Crippen molar-refractivity contribution in [1.29, 1.82) is 0 Å². The molecular formula is C19H17NO3. The van der Waals surface area contributed by atoms with E-state index in [4.69, 9.17) is 15.2 Å². The number of benzene rings is 3. The summed E-state index contributed by atoms with van der Waals surface area (Å²) in [5, 5.41) is 1.72. The fourth-order valence-electron chi connectivity index (χ4n) is 2.52. The van der Waals surface area contributed by atoms with E-state index < -0.39 is 5.97 Å². The first-order chi connectivity index (χ1) is 11.2. The van der Waals surface area contributed by atoms with Gasteiger partial charge in [0.2, 0.25) is 0 Å². The quantitative estimate of drug-likeness (QED) is 0.588. The van der Waals surface area contributed by atoms with E-state index in [9.17, 15) is 4.79 Å². The summed E-state index contributed by atoms with van der Waals surface area (Å²) >= 11 is 0. The second kappa shape index (κ2) is 6.40. The maximum Gasteiger partial charge on any atom is 0.344 e. The predicted molar refractivity (Wildman–Crippen MR) is 90.5 cm³/mol. The molecule has 2 N–H and O–H groups in total. The van der Waals surface area contributed by atoms with Crippen molar-refractivity contribution in [3.63, 3.8) is 0 Å². The van der Waals surface area contributed by atoms with Gasteiger partial charge in [-0.25, -0.2) is 4.79 Å². The molecule has 0 aliphatic heterocycles. The standard InChI is InChI=1S/C19H17NO3/c1-22-16-11-14-9-5-6-10-15(14)18(20)17(16)19(21)23-12-13-7-3-2-4-8-13/h2-11H,12,20H2,1H3. The fourth-order valence-corrected chi connectivity index (χ4v) is 2.52. The molecule has 0 atom stereocenters. The maximum atomic E-state index is 12.5. The maximum absolute atomic E-state index is 12.5. The van der Waals surface area contributed by atoms with Gasteiger partial charge in [-0.1, -0.05) is 54.6 Å². The first kappa shape index (κ1) is 14.9. The van der Waals surface area contributed by atoms with E-state index in [1.54, 1.807) is 6.07 Å². The van der Waals surface area contributed by atoms with Gasteiger partial charge in [0.05, 0.1) is 12.8 Å².